The number of amides is 2. The van der Waals surface area contributed by atoms with E-state index in [1.807, 2.05) is 51.1 Å². The van der Waals surface area contributed by atoms with Crippen molar-refractivity contribution in [2.24, 2.45) is 0 Å². The van der Waals surface area contributed by atoms with Crippen molar-refractivity contribution in [3.8, 4) is 5.75 Å². The van der Waals surface area contributed by atoms with E-state index >= 15 is 0 Å². The zero-order chi connectivity index (χ0) is 25.5. The first kappa shape index (κ1) is 27.2. The largest absolute Gasteiger partial charge is 0.492 e. The molecule has 2 aromatic carbocycles. The summed E-state index contributed by atoms with van der Waals surface area (Å²) in [6.07, 6.45) is 1.04. The Morgan fingerprint density at radius 2 is 1.62 bits per heavy atom. The van der Waals surface area contributed by atoms with Gasteiger partial charge < -0.3 is 15.0 Å². The Balaban J connectivity index is 2.42. The van der Waals surface area contributed by atoms with Gasteiger partial charge in [0.2, 0.25) is 21.8 Å². The molecule has 0 aromatic heterocycles. The average molecular weight is 490 g/mol. The molecule has 0 aliphatic rings. The molecule has 1 N–H and O–H groups in total. The van der Waals surface area contributed by atoms with E-state index in [4.69, 9.17) is 4.74 Å². The number of carbonyl (C=O) groups excluding carboxylic acids is 2. The molecule has 0 saturated carbocycles. The van der Waals surface area contributed by atoms with Crippen LogP contribution in [0.2, 0.25) is 0 Å². The SMILES string of the molecule is CCOc1ccccc1N(CC(=O)N(Cc1ccccc1)[C@H](C)C(=O)NC(C)(C)C)S(C)(=O)=O. The van der Waals surface area contributed by atoms with E-state index < -0.39 is 34.1 Å². The molecule has 0 saturated heterocycles. The second-order valence-corrected chi connectivity index (χ2v) is 11.0. The Morgan fingerprint density at radius 1 is 1.03 bits per heavy atom. The summed E-state index contributed by atoms with van der Waals surface area (Å²) in [6.45, 7) is 9.04. The number of carbonyl (C=O) groups is 2. The lowest BCUT2D eigenvalue weighted by atomic mass is 10.1. The maximum atomic E-state index is 13.6. The first-order valence-corrected chi connectivity index (χ1v) is 13.0. The van der Waals surface area contributed by atoms with Gasteiger partial charge in [-0.25, -0.2) is 8.42 Å². The van der Waals surface area contributed by atoms with Crippen molar-refractivity contribution >= 4 is 27.5 Å². The number of nitrogens with zero attached hydrogens (tertiary/aromatic N) is 2. The molecule has 9 heteroatoms. The summed E-state index contributed by atoms with van der Waals surface area (Å²) in [4.78, 5) is 27.9. The van der Waals surface area contributed by atoms with E-state index in [2.05, 4.69) is 5.32 Å². The second-order valence-electron chi connectivity index (χ2n) is 9.09. The van der Waals surface area contributed by atoms with E-state index in [1.165, 1.54) is 4.90 Å². The van der Waals surface area contributed by atoms with E-state index in [1.54, 1.807) is 38.1 Å². The third-order valence-electron chi connectivity index (χ3n) is 4.97. The van der Waals surface area contributed by atoms with Gasteiger partial charge >= 0.3 is 0 Å². The van der Waals surface area contributed by atoms with Crippen molar-refractivity contribution in [1.82, 2.24) is 10.2 Å². The molecule has 186 valence electrons. The molecule has 0 fully saturated rings. The summed E-state index contributed by atoms with van der Waals surface area (Å²) in [5.74, 6) is -0.467. The Labute approximate surface area is 202 Å². The molecular formula is C25H35N3O5S. The minimum atomic E-state index is -3.83. The summed E-state index contributed by atoms with van der Waals surface area (Å²) < 4.78 is 32.0. The average Bonchev–Trinajstić information content (AvgIpc) is 2.75. The van der Waals surface area contributed by atoms with Gasteiger partial charge in [-0.05, 0) is 52.3 Å². The molecule has 8 nitrogen and oxygen atoms in total. The fourth-order valence-corrected chi connectivity index (χ4v) is 4.23. The highest BCUT2D eigenvalue weighted by atomic mass is 32.2. The highest BCUT2D eigenvalue weighted by Crippen LogP contribution is 2.30. The van der Waals surface area contributed by atoms with Crippen molar-refractivity contribution in [2.75, 3.05) is 23.7 Å². The van der Waals surface area contributed by atoms with Gasteiger partial charge in [-0.3, -0.25) is 13.9 Å². The molecule has 0 unspecified atom stereocenters. The van der Waals surface area contributed by atoms with Gasteiger partial charge in [0, 0.05) is 12.1 Å². The Hall–Kier alpha value is -3.07. The molecule has 0 radical (unpaired) electrons. The molecule has 0 heterocycles. The first-order chi connectivity index (χ1) is 15.8. The molecule has 0 aliphatic carbocycles. The lowest BCUT2D eigenvalue weighted by Crippen LogP contribution is -2.54. The van der Waals surface area contributed by atoms with Crippen LogP contribution in [0.3, 0.4) is 0 Å². The number of rotatable bonds is 10. The molecule has 34 heavy (non-hydrogen) atoms. The first-order valence-electron chi connectivity index (χ1n) is 11.2. The number of nitrogens with one attached hydrogen (secondary N) is 1. The molecule has 0 aliphatic heterocycles. The van der Waals surface area contributed by atoms with E-state index in [-0.39, 0.29) is 18.1 Å². The number of anilines is 1. The lowest BCUT2D eigenvalue weighted by molar-refractivity contribution is -0.140. The normalized spacial score (nSPS) is 12.5. The summed E-state index contributed by atoms with van der Waals surface area (Å²) in [6, 6.07) is 15.1. The maximum absolute atomic E-state index is 13.6. The van der Waals surface area contributed by atoms with Crippen LogP contribution in [0.1, 0.15) is 40.2 Å². The monoisotopic (exact) mass is 489 g/mol. The van der Waals surface area contributed by atoms with Gasteiger partial charge in [-0.2, -0.15) is 0 Å². The van der Waals surface area contributed by atoms with Crippen molar-refractivity contribution in [3.63, 3.8) is 0 Å². The van der Waals surface area contributed by atoms with Crippen molar-refractivity contribution in [2.45, 2.75) is 52.7 Å². The fraction of sp³-hybridized carbons (Fsp3) is 0.440. The Kier molecular flexibility index (Phi) is 9.09. The molecule has 0 bridgehead atoms. The topological polar surface area (TPSA) is 96.0 Å². The fourth-order valence-electron chi connectivity index (χ4n) is 3.37. The maximum Gasteiger partial charge on any atom is 0.244 e. The number of para-hydroxylation sites is 2. The number of sulfonamides is 1. The van der Waals surface area contributed by atoms with Gasteiger partial charge in [-0.1, -0.05) is 42.5 Å². The van der Waals surface area contributed by atoms with Crippen LogP contribution in [-0.4, -0.2) is 56.1 Å². The quantitative estimate of drug-likeness (QED) is 0.553. The second kappa shape index (κ2) is 11.4. The number of benzene rings is 2. The molecule has 2 rings (SSSR count). The molecule has 2 amide bonds. The predicted octanol–water partition coefficient (Wildman–Crippen LogP) is 3.18. The lowest BCUT2D eigenvalue weighted by Gasteiger charge is -2.33. The smallest absolute Gasteiger partial charge is 0.244 e. The molecule has 0 spiro atoms. The van der Waals surface area contributed by atoms with Gasteiger partial charge in [0.05, 0.1) is 18.6 Å². The highest BCUT2D eigenvalue weighted by Gasteiger charge is 2.32. The Bertz CT molecular complexity index is 1080. The van der Waals surface area contributed by atoms with Crippen LogP contribution < -0.4 is 14.4 Å². The zero-order valence-electron chi connectivity index (χ0n) is 20.7. The summed E-state index contributed by atoms with van der Waals surface area (Å²) >= 11 is 0. The number of hydrogen-bond acceptors (Lipinski definition) is 5. The van der Waals surface area contributed by atoms with Crippen molar-refractivity contribution < 1.29 is 22.7 Å². The van der Waals surface area contributed by atoms with E-state index in [9.17, 15) is 18.0 Å². The minimum absolute atomic E-state index is 0.156. The summed E-state index contributed by atoms with van der Waals surface area (Å²) in [7, 11) is -3.83. The third-order valence-corrected chi connectivity index (χ3v) is 6.10. The van der Waals surface area contributed by atoms with Gasteiger partial charge in [0.25, 0.3) is 0 Å². The van der Waals surface area contributed by atoms with E-state index in [0.29, 0.717) is 12.4 Å². The molecule has 1 atom stereocenters. The van der Waals surface area contributed by atoms with Crippen LogP contribution in [0.15, 0.2) is 54.6 Å². The van der Waals surface area contributed by atoms with Crippen LogP contribution in [0.4, 0.5) is 5.69 Å². The minimum Gasteiger partial charge on any atom is -0.492 e. The standard InChI is InChI=1S/C25H35N3O5S/c1-7-33-22-16-12-11-15-21(22)28(34(6,31)32)18-23(29)27(17-20-13-9-8-10-14-20)19(2)24(30)26-25(3,4)5/h8-16,19H,7,17-18H2,1-6H3,(H,26,30)/t19-/m1/s1. The van der Waals surface area contributed by atoms with Crippen LogP contribution in [0.25, 0.3) is 0 Å². The number of hydrogen-bond donors (Lipinski definition) is 1. The van der Waals surface area contributed by atoms with E-state index in [0.717, 1.165) is 16.1 Å². The van der Waals surface area contributed by atoms with Gasteiger partial charge in [0.15, 0.2) is 0 Å². The summed E-state index contributed by atoms with van der Waals surface area (Å²) in [5, 5.41) is 2.90. The van der Waals surface area contributed by atoms with Crippen LogP contribution in [0.5, 0.6) is 5.75 Å². The molecule has 2 aromatic rings. The predicted molar refractivity (Wildman–Crippen MR) is 134 cm³/mol. The van der Waals surface area contributed by atoms with Crippen molar-refractivity contribution in [1.29, 1.82) is 0 Å². The van der Waals surface area contributed by atoms with Crippen molar-refractivity contribution in [3.05, 3.63) is 60.2 Å². The summed E-state index contributed by atoms with van der Waals surface area (Å²) in [5.41, 5.74) is 0.612. The van der Waals surface area contributed by atoms with Crippen LogP contribution in [-0.2, 0) is 26.2 Å². The number of ether oxygens (including phenoxy) is 1. The van der Waals surface area contributed by atoms with Crippen LogP contribution >= 0.6 is 0 Å². The van der Waals surface area contributed by atoms with Gasteiger partial charge in [-0.15, -0.1) is 0 Å². The third kappa shape index (κ3) is 7.76. The van der Waals surface area contributed by atoms with Gasteiger partial charge in [0.1, 0.15) is 18.3 Å². The zero-order valence-corrected chi connectivity index (χ0v) is 21.6. The Morgan fingerprint density at radius 3 is 2.18 bits per heavy atom. The van der Waals surface area contributed by atoms with Crippen LogP contribution in [0, 0.1) is 0 Å². The highest BCUT2D eigenvalue weighted by molar-refractivity contribution is 7.92. The molecular weight excluding hydrogens is 454 g/mol.